The Balaban J connectivity index is 1.88. The lowest BCUT2D eigenvalue weighted by molar-refractivity contribution is -0.144. The first-order valence-electron chi connectivity index (χ1n) is 7.30. The third-order valence-electron chi connectivity index (χ3n) is 4.30. The van der Waals surface area contributed by atoms with Crippen LogP contribution in [0.25, 0.3) is 0 Å². The number of benzene rings is 2. The van der Waals surface area contributed by atoms with Gasteiger partial charge in [0.05, 0.1) is 0 Å². The highest BCUT2D eigenvalue weighted by molar-refractivity contribution is 6.31. The van der Waals surface area contributed by atoms with Crippen LogP contribution in [0.3, 0.4) is 0 Å². The number of carbonyl (C=O) groups is 2. The molecule has 2 aromatic carbocycles. The van der Waals surface area contributed by atoms with Crippen molar-refractivity contribution in [2.45, 2.75) is 25.3 Å². The van der Waals surface area contributed by atoms with E-state index in [0.29, 0.717) is 10.6 Å². The molecule has 0 spiro atoms. The van der Waals surface area contributed by atoms with E-state index in [1.807, 2.05) is 31.2 Å². The Kier molecular flexibility index (Phi) is 3.86. The van der Waals surface area contributed by atoms with Crippen LogP contribution in [-0.4, -0.2) is 22.5 Å². The maximum Gasteiger partial charge on any atom is 0.330 e. The number of fused-ring (bicyclic) bond motifs is 1. The SMILES string of the molecule is Cc1ccc(C(=O)NC2(C(=O)O)Cc3ccccc3C2)cc1Cl. The van der Waals surface area contributed by atoms with Crippen molar-refractivity contribution in [3.63, 3.8) is 0 Å². The normalized spacial score (nSPS) is 15.0. The fraction of sp³-hybridized carbons (Fsp3) is 0.222. The first-order valence-corrected chi connectivity index (χ1v) is 7.68. The van der Waals surface area contributed by atoms with Crippen LogP contribution in [-0.2, 0) is 17.6 Å². The second-order valence-electron chi connectivity index (χ2n) is 5.93. The van der Waals surface area contributed by atoms with Crippen LogP contribution in [0, 0.1) is 6.92 Å². The molecule has 3 rings (SSSR count). The van der Waals surface area contributed by atoms with Gasteiger partial charge in [0, 0.05) is 23.4 Å². The van der Waals surface area contributed by atoms with Gasteiger partial charge >= 0.3 is 5.97 Å². The number of aliphatic carboxylic acids is 1. The lowest BCUT2D eigenvalue weighted by Gasteiger charge is -2.25. The minimum Gasteiger partial charge on any atom is -0.479 e. The van der Waals surface area contributed by atoms with Crippen molar-refractivity contribution in [1.82, 2.24) is 5.32 Å². The molecule has 5 heteroatoms. The van der Waals surface area contributed by atoms with Gasteiger partial charge in [0.15, 0.2) is 0 Å². The summed E-state index contributed by atoms with van der Waals surface area (Å²) < 4.78 is 0. The summed E-state index contributed by atoms with van der Waals surface area (Å²) in [6.07, 6.45) is 0.563. The minimum absolute atomic E-state index is 0.282. The fourth-order valence-electron chi connectivity index (χ4n) is 2.93. The molecule has 2 N–H and O–H groups in total. The number of halogens is 1. The van der Waals surface area contributed by atoms with Gasteiger partial charge in [-0.2, -0.15) is 0 Å². The predicted molar refractivity (Wildman–Crippen MR) is 87.9 cm³/mol. The third-order valence-corrected chi connectivity index (χ3v) is 4.71. The van der Waals surface area contributed by atoms with Crippen molar-refractivity contribution in [2.24, 2.45) is 0 Å². The minimum atomic E-state index is -1.31. The highest BCUT2D eigenvalue weighted by Gasteiger charge is 2.45. The van der Waals surface area contributed by atoms with E-state index in [-0.39, 0.29) is 12.8 Å². The van der Waals surface area contributed by atoms with Crippen molar-refractivity contribution in [2.75, 3.05) is 0 Å². The first kappa shape index (κ1) is 15.6. The van der Waals surface area contributed by atoms with Crippen molar-refractivity contribution < 1.29 is 14.7 Å². The van der Waals surface area contributed by atoms with Gasteiger partial charge in [-0.15, -0.1) is 0 Å². The van der Waals surface area contributed by atoms with Gasteiger partial charge in [0.2, 0.25) is 0 Å². The Labute approximate surface area is 139 Å². The summed E-state index contributed by atoms with van der Waals surface area (Å²) in [5, 5.41) is 12.9. The second kappa shape index (κ2) is 5.70. The molecule has 23 heavy (non-hydrogen) atoms. The average Bonchev–Trinajstić information content (AvgIpc) is 2.89. The van der Waals surface area contributed by atoms with Crippen LogP contribution in [0.2, 0.25) is 5.02 Å². The zero-order valence-electron chi connectivity index (χ0n) is 12.6. The molecule has 0 bridgehead atoms. The van der Waals surface area contributed by atoms with E-state index in [1.54, 1.807) is 18.2 Å². The lowest BCUT2D eigenvalue weighted by atomic mass is 9.95. The quantitative estimate of drug-likeness (QED) is 0.909. The topological polar surface area (TPSA) is 66.4 Å². The summed E-state index contributed by atoms with van der Waals surface area (Å²) in [6.45, 7) is 1.84. The molecule has 1 amide bonds. The Hall–Kier alpha value is -2.33. The molecule has 4 nitrogen and oxygen atoms in total. The molecule has 0 atom stereocenters. The summed E-state index contributed by atoms with van der Waals surface area (Å²) in [7, 11) is 0. The monoisotopic (exact) mass is 329 g/mol. The molecule has 0 aromatic heterocycles. The Bertz CT molecular complexity index is 776. The van der Waals surface area contributed by atoms with Crippen molar-refractivity contribution in [3.8, 4) is 0 Å². The van der Waals surface area contributed by atoms with Gasteiger partial charge in [-0.1, -0.05) is 41.9 Å². The number of hydrogen-bond acceptors (Lipinski definition) is 2. The van der Waals surface area contributed by atoms with E-state index < -0.39 is 17.4 Å². The molecular weight excluding hydrogens is 314 g/mol. The van der Waals surface area contributed by atoms with Crippen LogP contribution in [0.1, 0.15) is 27.0 Å². The number of aryl methyl sites for hydroxylation is 1. The number of carbonyl (C=O) groups excluding carboxylic acids is 1. The number of rotatable bonds is 3. The van der Waals surface area contributed by atoms with E-state index in [2.05, 4.69) is 5.32 Å². The third kappa shape index (κ3) is 2.82. The van der Waals surface area contributed by atoms with E-state index in [4.69, 9.17) is 11.6 Å². The van der Waals surface area contributed by atoms with Gasteiger partial charge in [-0.3, -0.25) is 4.79 Å². The largest absolute Gasteiger partial charge is 0.479 e. The fourth-order valence-corrected chi connectivity index (χ4v) is 3.11. The molecule has 2 aromatic rings. The summed E-state index contributed by atoms with van der Waals surface area (Å²) in [4.78, 5) is 24.3. The number of carboxylic acid groups (broad SMARTS) is 1. The van der Waals surface area contributed by atoms with Crippen LogP contribution in [0.15, 0.2) is 42.5 Å². The Morgan fingerprint density at radius 3 is 2.26 bits per heavy atom. The summed E-state index contributed by atoms with van der Waals surface area (Å²) >= 11 is 6.05. The molecule has 0 fully saturated rings. The molecular formula is C18H16ClNO3. The zero-order valence-corrected chi connectivity index (χ0v) is 13.4. The molecule has 0 unspecified atom stereocenters. The molecule has 1 aliphatic carbocycles. The molecule has 0 aliphatic heterocycles. The molecule has 118 valence electrons. The zero-order chi connectivity index (χ0) is 16.6. The summed E-state index contributed by atoms with van der Waals surface area (Å²) in [5.41, 5.74) is 1.83. The summed E-state index contributed by atoms with van der Waals surface area (Å²) in [5.74, 6) is -1.46. The number of hydrogen-bond donors (Lipinski definition) is 2. The van der Waals surface area contributed by atoms with Crippen molar-refractivity contribution in [3.05, 3.63) is 69.7 Å². The van der Waals surface area contributed by atoms with E-state index >= 15 is 0 Å². The standard InChI is InChI=1S/C18H16ClNO3/c1-11-6-7-12(8-15(11)19)16(21)20-18(17(22)23)9-13-4-2-3-5-14(13)10-18/h2-8H,9-10H2,1H3,(H,20,21)(H,22,23). The van der Waals surface area contributed by atoms with Crippen LogP contribution >= 0.6 is 11.6 Å². The van der Waals surface area contributed by atoms with Gasteiger partial charge < -0.3 is 10.4 Å². The van der Waals surface area contributed by atoms with E-state index in [9.17, 15) is 14.7 Å². The molecule has 1 aliphatic rings. The van der Waals surface area contributed by atoms with Crippen molar-refractivity contribution in [1.29, 1.82) is 0 Å². The first-order chi connectivity index (χ1) is 10.9. The second-order valence-corrected chi connectivity index (χ2v) is 6.33. The summed E-state index contributed by atoms with van der Waals surface area (Å²) in [6, 6.07) is 12.5. The average molecular weight is 330 g/mol. The molecule has 0 saturated heterocycles. The molecule has 0 heterocycles. The maximum atomic E-state index is 12.5. The predicted octanol–water partition coefficient (Wildman–Crippen LogP) is 3.00. The highest BCUT2D eigenvalue weighted by Crippen LogP contribution is 2.31. The highest BCUT2D eigenvalue weighted by atomic mass is 35.5. The van der Waals surface area contributed by atoms with E-state index in [0.717, 1.165) is 16.7 Å². The number of nitrogens with one attached hydrogen (secondary N) is 1. The van der Waals surface area contributed by atoms with Crippen molar-refractivity contribution >= 4 is 23.5 Å². The lowest BCUT2D eigenvalue weighted by Crippen LogP contribution is -2.55. The molecule has 0 saturated carbocycles. The number of amides is 1. The van der Waals surface area contributed by atoms with E-state index in [1.165, 1.54) is 0 Å². The Morgan fingerprint density at radius 2 is 1.74 bits per heavy atom. The van der Waals surface area contributed by atoms with Gasteiger partial charge in [0.1, 0.15) is 5.54 Å². The van der Waals surface area contributed by atoms with Crippen LogP contribution < -0.4 is 5.32 Å². The van der Waals surface area contributed by atoms with Crippen LogP contribution in [0.4, 0.5) is 0 Å². The van der Waals surface area contributed by atoms with Gasteiger partial charge in [0.25, 0.3) is 5.91 Å². The Morgan fingerprint density at radius 1 is 1.13 bits per heavy atom. The smallest absolute Gasteiger partial charge is 0.330 e. The number of carboxylic acids is 1. The molecule has 0 radical (unpaired) electrons. The van der Waals surface area contributed by atoms with Gasteiger partial charge in [-0.25, -0.2) is 4.79 Å². The van der Waals surface area contributed by atoms with Crippen LogP contribution in [0.5, 0.6) is 0 Å². The maximum absolute atomic E-state index is 12.5. The van der Waals surface area contributed by atoms with Gasteiger partial charge in [-0.05, 0) is 35.7 Å².